The van der Waals surface area contributed by atoms with Crippen LogP contribution in [0.2, 0.25) is 0 Å². The minimum absolute atomic E-state index is 0.00121. The number of pyridine rings is 1. The number of para-hydroxylation sites is 1. The van der Waals surface area contributed by atoms with Crippen LogP contribution in [0.3, 0.4) is 0 Å². The van der Waals surface area contributed by atoms with E-state index in [4.69, 9.17) is 0 Å². The van der Waals surface area contributed by atoms with Gasteiger partial charge in [0.2, 0.25) is 0 Å². The summed E-state index contributed by atoms with van der Waals surface area (Å²) in [5.74, 6) is -0.284. The van der Waals surface area contributed by atoms with Crippen molar-refractivity contribution in [2.45, 2.75) is 6.92 Å². The summed E-state index contributed by atoms with van der Waals surface area (Å²) in [5.41, 5.74) is 3.13. The molecule has 0 unspecified atom stereocenters. The Morgan fingerprint density at radius 2 is 1.56 bits per heavy atom. The second-order valence-electron chi connectivity index (χ2n) is 5.51. The number of nitrogens with one attached hydrogen (secondary N) is 2. The maximum Gasteiger partial charge on any atom is 0.274 e. The summed E-state index contributed by atoms with van der Waals surface area (Å²) < 4.78 is 0. The molecule has 1 heterocycles. The van der Waals surface area contributed by atoms with Gasteiger partial charge in [-0.3, -0.25) is 14.6 Å². The number of aromatic nitrogens is 1. The van der Waals surface area contributed by atoms with Gasteiger partial charge in [-0.25, -0.2) is 0 Å². The van der Waals surface area contributed by atoms with Crippen molar-refractivity contribution in [3.8, 4) is 0 Å². The number of hydrogen-bond donors (Lipinski definition) is 2. The standard InChI is InChI=1S/C20H17N3O2/c1-14(24)15-6-5-9-17(12-15)22-18-10-11-21-19(13-18)20(25)23-16-7-3-2-4-8-16/h2-13H,1H3,(H,21,22)(H,23,25). The third-order valence-corrected chi connectivity index (χ3v) is 3.58. The van der Waals surface area contributed by atoms with Gasteiger partial charge in [-0.1, -0.05) is 30.3 Å². The zero-order chi connectivity index (χ0) is 17.6. The van der Waals surface area contributed by atoms with E-state index in [1.165, 1.54) is 6.92 Å². The van der Waals surface area contributed by atoms with E-state index in [-0.39, 0.29) is 11.7 Å². The van der Waals surface area contributed by atoms with Crippen LogP contribution in [0.25, 0.3) is 0 Å². The average molecular weight is 331 g/mol. The Balaban J connectivity index is 1.76. The summed E-state index contributed by atoms with van der Waals surface area (Å²) in [7, 11) is 0. The third-order valence-electron chi connectivity index (χ3n) is 3.58. The Morgan fingerprint density at radius 1 is 0.840 bits per heavy atom. The predicted molar refractivity (Wildman–Crippen MR) is 98.4 cm³/mol. The van der Waals surface area contributed by atoms with Crippen molar-refractivity contribution in [1.29, 1.82) is 0 Å². The van der Waals surface area contributed by atoms with E-state index >= 15 is 0 Å². The molecule has 0 aliphatic heterocycles. The Labute approximate surface area is 145 Å². The van der Waals surface area contributed by atoms with Crippen LogP contribution in [0.15, 0.2) is 72.9 Å². The Hall–Kier alpha value is -3.47. The van der Waals surface area contributed by atoms with Crippen molar-refractivity contribution in [2.75, 3.05) is 10.6 Å². The number of nitrogens with zero attached hydrogens (tertiary/aromatic N) is 1. The SMILES string of the molecule is CC(=O)c1cccc(Nc2ccnc(C(=O)Nc3ccccc3)c2)c1. The maximum absolute atomic E-state index is 12.3. The number of anilines is 3. The zero-order valence-corrected chi connectivity index (χ0v) is 13.7. The van der Waals surface area contributed by atoms with Crippen LogP contribution in [-0.4, -0.2) is 16.7 Å². The lowest BCUT2D eigenvalue weighted by Crippen LogP contribution is -2.13. The van der Waals surface area contributed by atoms with Crippen LogP contribution >= 0.6 is 0 Å². The van der Waals surface area contributed by atoms with E-state index in [1.807, 2.05) is 42.5 Å². The number of carbonyl (C=O) groups is 2. The van der Waals surface area contributed by atoms with Gasteiger partial charge in [-0.2, -0.15) is 0 Å². The first kappa shape index (κ1) is 16.4. The topological polar surface area (TPSA) is 71.1 Å². The molecule has 0 aliphatic rings. The Kier molecular flexibility index (Phi) is 4.85. The predicted octanol–water partition coefficient (Wildman–Crippen LogP) is 4.28. The van der Waals surface area contributed by atoms with E-state index in [9.17, 15) is 9.59 Å². The molecule has 5 heteroatoms. The van der Waals surface area contributed by atoms with Gasteiger partial charge in [0.25, 0.3) is 5.91 Å². The molecule has 0 bridgehead atoms. The molecule has 1 aromatic heterocycles. The number of benzene rings is 2. The first-order valence-corrected chi connectivity index (χ1v) is 7.82. The molecule has 2 N–H and O–H groups in total. The van der Waals surface area contributed by atoms with E-state index < -0.39 is 0 Å². The maximum atomic E-state index is 12.3. The first-order valence-electron chi connectivity index (χ1n) is 7.82. The van der Waals surface area contributed by atoms with Crippen LogP contribution in [-0.2, 0) is 0 Å². The highest BCUT2D eigenvalue weighted by Gasteiger charge is 2.09. The van der Waals surface area contributed by atoms with Crippen LogP contribution < -0.4 is 10.6 Å². The number of ketones is 1. The second-order valence-corrected chi connectivity index (χ2v) is 5.51. The molecule has 2 aromatic carbocycles. The van der Waals surface area contributed by atoms with Crippen molar-refractivity contribution in [1.82, 2.24) is 4.98 Å². The van der Waals surface area contributed by atoms with Gasteiger partial charge in [0, 0.05) is 28.8 Å². The molecular formula is C20H17N3O2. The minimum Gasteiger partial charge on any atom is -0.355 e. The average Bonchev–Trinajstić information content (AvgIpc) is 2.63. The van der Waals surface area contributed by atoms with Crippen molar-refractivity contribution in [2.24, 2.45) is 0 Å². The molecule has 1 amide bonds. The van der Waals surface area contributed by atoms with Crippen LogP contribution in [0.4, 0.5) is 17.1 Å². The molecule has 0 saturated carbocycles. The van der Waals surface area contributed by atoms with Crippen LogP contribution in [0, 0.1) is 0 Å². The number of Topliss-reactive ketones (excluding diaryl/α,β-unsaturated/α-hetero) is 1. The number of carbonyl (C=O) groups excluding carboxylic acids is 2. The molecule has 5 nitrogen and oxygen atoms in total. The van der Waals surface area contributed by atoms with E-state index in [2.05, 4.69) is 15.6 Å². The molecule has 0 saturated heterocycles. The summed E-state index contributed by atoms with van der Waals surface area (Å²) in [5, 5.41) is 5.99. The number of hydrogen-bond acceptors (Lipinski definition) is 4. The Morgan fingerprint density at radius 3 is 2.32 bits per heavy atom. The van der Waals surface area contributed by atoms with Crippen molar-refractivity contribution in [3.05, 3.63) is 84.2 Å². The van der Waals surface area contributed by atoms with Crippen LogP contribution in [0.1, 0.15) is 27.8 Å². The summed E-state index contributed by atoms with van der Waals surface area (Å²) in [6.07, 6.45) is 1.57. The molecule has 3 aromatic rings. The monoisotopic (exact) mass is 331 g/mol. The third kappa shape index (κ3) is 4.29. The molecule has 0 fully saturated rings. The normalized spacial score (nSPS) is 10.1. The molecule has 0 radical (unpaired) electrons. The summed E-state index contributed by atoms with van der Waals surface area (Å²) in [6, 6.07) is 19.8. The Bertz CT molecular complexity index is 908. The lowest BCUT2D eigenvalue weighted by Gasteiger charge is -2.09. The summed E-state index contributed by atoms with van der Waals surface area (Å²) in [6.45, 7) is 1.53. The van der Waals surface area contributed by atoms with Gasteiger partial charge < -0.3 is 10.6 Å². The van der Waals surface area contributed by atoms with E-state index in [0.717, 1.165) is 5.69 Å². The molecule has 0 aliphatic carbocycles. The molecule has 124 valence electrons. The molecule has 0 spiro atoms. The highest BCUT2D eigenvalue weighted by Crippen LogP contribution is 2.19. The molecule has 0 atom stereocenters. The van der Waals surface area contributed by atoms with Crippen molar-refractivity contribution < 1.29 is 9.59 Å². The number of rotatable bonds is 5. The van der Waals surface area contributed by atoms with Crippen molar-refractivity contribution in [3.63, 3.8) is 0 Å². The highest BCUT2D eigenvalue weighted by atomic mass is 16.2. The smallest absolute Gasteiger partial charge is 0.274 e. The van der Waals surface area contributed by atoms with Gasteiger partial charge in [-0.05, 0) is 43.3 Å². The summed E-state index contributed by atoms with van der Waals surface area (Å²) >= 11 is 0. The van der Waals surface area contributed by atoms with Crippen molar-refractivity contribution >= 4 is 28.8 Å². The van der Waals surface area contributed by atoms with Crippen LogP contribution in [0.5, 0.6) is 0 Å². The van der Waals surface area contributed by atoms with Gasteiger partial charge in [0.15, 0.2) is 5.78 Å². The highest BCUT2D eigenvalue weighted by molar-refractivity contribution is 6.03. The molecular weight excluding hydrogens is 314 g/mol. The quantitative estimate of drug-likeness (QED) is 0.685. The van der Waals surface area contributed by atoms with Gasteiger partial charge in [-0.15, -0.1) is 0 Å². The minimum atomic E-state index is -0.285. The lowest BCUT2D eigenvalue weighted by atomic mass is 10.1. The lowest BCUT2D eigenvalue weighted by molar-refractivity contribution is 0.101. The largest absolute Gasteiger partial charge is 0.355 e. The van der Waals surface area contributed by atoms with Gasteiger partial charge in [0.05, 0.1) is 0 Å². The zero-order valence-electron chi connectivity index (χ0n) is 13.7. The summed E-state index contributed by atoms with van der Waals surface area (Å²) in [4.78, 5) is 27.9. The van der Waals surface area contributed by atoms with E-state index in [0.29, 0.717) is 22.6 Å². The van der Waals surface area contributed by atoms with Gasteiger partial charge >= 0.3 is 0 Å². The second kappa shape index (κ2) is 7.40. The molecule has 3 rings (SSSR count). The fraction of sp³-hybridized carbons (Fsp3) is 0.0500. The molecule has 25 heavy (non-hydrogen) atoms. The first-order chi connectivity index (χ1) is 12.1. The van der Waals surface area contributed by atoms with Gasteiger partial charge in [0.1, 0.15) is 5.69 Å². The fourth-order valence-corrected chi connectivity index (χ4v) is 2.33. The van der Waals surface area contributed by atoms with E-state index in [1.54, 1.807) is 30.5 Å². The fourth-order valence-electron chi connectivity index (χ4n) is 2.33. The number of amides is 1.